The molecule has 1 aromatic rings. The maximum Gasteiger partial charge on any atom is 0.320 e. The van der Waals surface area contributed by atoms with Crippen LogP contribution in [0, 0.1) is 11.6 Å². The Morgan fingerprint density at radius 3 is 2.18 bits per heavy atom. The molecule has 120 valence electrons. The van der Waals surface area contributed by atoms with E-state index in [2.05, 4.69) is 0 Å². The van der Waals surface area contributed by atoms with Gasteiger partial charge in [-0.3, -0.25) is 14.5 Å². The molecule has 0 bridgehead atoms. The summed E-state index contributed by atoms with van der Waals surface area (Å²) in [6, 6.07) is 2.70. The molecule has 1 aromatic carbocycles. The van der Waals surface area contributed by atoms with Crippen LogP contribution in [0.3, 0.4) is 0 Å². The lowest BCUT2D eigenvalue weighted by atomic mass is 10.1. The number of nitrogens with zero attached hydrogens (tertiary/aromatic N) is 2. The van der Waals surface area contributed by atoms with Crippen molar-refractivity contribution >= 4 is 11.9 Å². The zero-order chi connectivity index (χ0) is 16.3. The Labute approximate surface area is 127 Å². The molecule has 1 aliphatic heterocycles. The molecule has 22 heavy (non-hydrogen) atoms. The van der Waals surface area contributed by atoms with Crippen LogP contribution in [0.1, 0.15) is 23.7 Å². The highest BCUT2D eigenvalue weighted by atomic mass is 19.1. The van der Waals surface area contributed by atoms with E-state index in [-0.39, 0.29) is 13.1 Å². The van der Waals surface area contributed by atoms with E-state index in [0.717, 1.165) is 12.1 Å². The molecule has 2 rings (SSSR count). The standard InChI is InChI=1S/C15H18F2N2O3/c1-2-12(15(21)22)18-6-8-19(9-7-18)14(20)13-10(16)4-3-5-11(13)17/h3-5,12H,2,6-9H2,1H3,(H,21,22). The summed E-state index contributed by atoms with van der Waals surface area (Å²) in [6.45, 7) is 3.01. The lowest BCUT2D eigenvalue weighted by Gasteiger charge is -2.37. The van der Waals surface area contributed by atoms with E-state index in [9.17, 15) is 18.4 Å². The van der Waals surface area contributed by atoms with Crippen molar-refractivity contribution in [3.05, 3.63) is 35.4 Å². The maximum absolute atomic E-state index is 13.6. The third-order valence-electron chi connectivity index (χ3n) is 3.89. The highest BCUT2D eigenvalue weighted by Gasteiger charge is 2.31. The Bertz CT molecular complexity index is 552. The summed E-state index contributed by atoms with van der Waals surface area (Å²) in [7, 11) is 0. The predicted octanol–water partition coefficient (Wildman–Crippen LogP) is 1.59. The predicted molar refractivity (Wildman–Crippen MR) is 75.5 cm³/mol. The summed E-state index contributed by atoms with van der Waals surface area (Å²) in [5.41, 5.74) is -0.554. The largest absolute Gasteiger partial charge is 0.480 e. The van der Waals surface area contributed by atoms with Gasteiger partial charge in [-0.2, -0.15) is 0 Å². The van der Waals surface area contributed by atoms with Gasteiger partial charge >= 0.3 is 5.97 Å². The Morgan fingerprint density at radius 2 is 1.73 bits per heavy atom. The Balaban J connectivity index is 2.05. The molecule has 1 atom stereocenters. The van der Waals surface area contributed by atoms with E-state index in [4.69, 9.17) is 5.11 Å². The second-order valence-electron chi connectivity index (χ2n) is 5.19. The van der Waals surface area contributed by atoms with Gasteiger partial charge in [0.25, 0.3) is 5.91 Å². The maximum atomic E-state index is 13.6. The monoisotopic (exact) mass is 312 g/mol. The number of amides is 1. The average molecular weight is 312 g/mol. The van der Waals surface area contributed by atoms with Gasteiger partial charge in [0.15, 0.2) is 0 Å². The number of hydrogen-bond donors (Lipinski definition) is 1. The number of rotatable bonds is 4. The smallest absolute Gasteiger partial charge is 0.320 e. The summed E-state index contributed by atoms with van der Waals surface area (Å²) in [6.07, 6.45) is 0.464. The molecule has 0 aromatic heterocycles. The van der Waals surface area contributed by atoms with Crippen molar-refractivity contribution in [3.8, 4) is 0 Å². The number of aliphatic carboxylic acids is 1. The first-order valence-corrected chi connectivity index (χ1v) is 7.15. The molecule has 0 radical (unpaired) electrons. The van der Waals surface area contributed by atoms with Crippen molar-refractivity contribution in [1.82, 2.24) is 9.80 Å². The number of carboxylic acid groups (broad SMARTS) is 1. The van der Waals surface area contributed by atoms with E-state index in [1.807, 2.05) is 0 Å². The number of benzene rings is 1. The van der Waals surface area contributed by atoms with Crippen molar-refractivity contribution in [2.75, 3.05) is 26.2 Å². The van der Waals surface area contributed by atoms with Gasteiger partial charge < -0.3 is 10.0 Å². The summed E-state index contributed by atoms with van der Waals surface area (Å²) >= 11 is 0. The Kier molecular flexibility index (Phi) is 5.07. The Hall–Kier alpha value is -2.02. The molecule has 1 saturated heterocycles. The number of carboxylic acids is 1. The summed E-state index contributed by atoms with van der Waals surface area (Å²) in [5, 5.41) is 9.13. The fraction of sp³-hybridized carbons (Fsp3) is 0.467. The minimum Gasteiger partial charge on any atom is -0.480 e. The minimum absolute atomic E-state index is 0.246. The summed E-state index contributed by atoms with van der Waals surface area (Å²) in [4.78, 5) is 26.5. The zero-order valence-corrected chi connectivity index (χ0v) is 12.3. The van der Waals surface area contributed by atoms with Crippen molar-refractivity contribution in [3.63, 3.8) is 0 Å². The quantitative estimate of drug-likeness (QED) is 0.917. The van der Waals surface area contributed by atoms with E-state index in [1.165, 1.54) is 11.0 Å². The van der Waals surface area contributed by atoms with Crippen molar-refractivity contribution in [2.24, 2.45) is 0 Å². The van der Waals surface area contributed by atoms with Crippen LogP contribution < -0.4 is 0 Å². The normalized spacial score (nSPS) is 17.3. The number of halogens is 2. The van der Waals surface area contributed by atoms with Gasteiger partial charge in [-0.25, -0.2) is 8.78 Å². The van der Waals surface area contributed by atoms with E-state index in [0.29, 0.717) is 19.5 Å². The van der Waals surface area contributed by atoms with Gasteiger partial charge in [0.05, 0.1) is 0 Å². The Morgan fingerprint density at radius 1 is 1.18 bits per heavy atom. The molecular formula is C15H18F2N2O3. The van der Waals surface area contributed by atoms with E-state index < -0.39 is 35.1 Å². The highest BCUT2D eigenvalue weighted by Crippen LogP contribution is 2.17. The number of piperazine rings is 1. The highest BCUT2D eigenvalue weighted by molar-refractivity contribution is 5.94. The fourth-order valence-corrected chi connectivity index (χ4v) is 2.69. The average Bonchev–Trinajstić information content (AvgIpc) is 2.48. The van der Waals surface area contributed by atoms with Crippen LogP contribution in [0.25, 0.3) is 0 Å². The molecule has 1 N–H and O–H groups in total. The topological polar surface area (TPSA) is 60.9 Å². The van der Waals surface area contributed by atoms with Gasteiger partial charge in [0, 0.05) is 26.2 Å². The van der Waals surface area contributed by atoms with E-state index >= 15 is 0 Å². The van der Waals surface area contributed by atoms with Crippen molar-refractivity contribution < 1.29 is 23.5 Å². The van der Waals surface area contributed by atoms with Crippen LogP contribution >= 0.6 is 0 Å². The molecule has 0 aliphatic carbocycles. The van der Waals surface area contributed by atoms with Crippen LogP contribution in [0.15, 0.2) is 18.2 Å². The van der Waals surface area contributed by atoms with Crippen LogP contribution in [0.4, 0.5) is 8.78 Å². The number of hydrogen-bond acceptors (Lipinski definition) is 3. The molecule has 1 fully saturated rings. The SMILES string of the molecule is CCC(C(=O)O)N1CCN(C(=O)c2c(F)cccc2F)CC1. The first-order valence-electron chi connectivity index (χ1n) is 7.15. The first-order chi connectivity index (χ1) is 10.5. The van der Waals surface area contributed by atoms with Crippen molar-refractivity contribution in [2.45, 2.75) is 19.4 Å². The molecule has 7 heteroatoms. The van der Waals surface area contributed by atoms with Crippen molar-refractivity contribution in [1.29, 1.82) is 0 Å². The van der Waals surface area contributed by atoms with Gasteiger partial charge in [0.2, 0.25) is 0 Å². The van der Waals surface area contributed by atoms with Crippen LogP contribution in [0.5, 0.6) is 0 Å². The van der Waals surface area contributed by atoms with Crippen LogP contribution in [-0.4, -0.2) is 59.0 Å². The van der Waals surface area contributed by atoms with Gasteiger partial charge in [0.1, 0.15) is 23.2 Å². The molecule has 5 nitrogen and oxygen atoms in total. The summed E-state index contributed by atoms with van der Waals surface area (Å²) < 4.78 is 27.3. The molecule has 1 unspecified atom stereocenters. The second kappa shape index (κ2) is 6.83. The van der Waals surface area contributed by atoms with E-state index in [1.54, 1.807) is 11.8 Å². The molecule has 1 aliphatic rings. The fourth-order valence-electron chi connectivity index (χ4n) is 2.69. The number of carbonyl (C=O) groups is 2. The molecular weight excluding hydrogens is 294 g/mol. The third kappa shape index (κ3) is 3.24. The van der Waals surface area contributed by atoms with Gasteiger partial charge in [-0.1, -0.05) is 13.0 Å². The van der Waals surface area contributed by atoms with Crippen LogP contribution in [-0.2, 0) is 4.79 Å². The van der Waals surface area contributed by atoms with Crippen LogP contribution in [0.2, 0.25) is 0 Å². The van der Waals surface area contributed by atoms with Gasteiger partial charge in [-0.05, 0) is 18.6 Å². The minimum atomic E-state index is -0.901. The first kappa shape index (κ1) is 16.4. The third-order valence-corrected chi connectivity index (χ3v) is 3.89. The molecule has 1 heterocycles. The second-order valence-corrected chi connectivity index (χ2v) is 5.19. The lowest BCUT2D eigenvalue weighted by Crippen LogP contribution is -2.54. The molecule has 1 amide bonds. The number of carbonyl (C=O) groups excluding carboxylic acids is 1. The molecule has 0 saturated carbocycles. The molecule has 0 spiro atoms. The summed E-state index contributed by atoms with van der Waals surface area (Å²) in [5.74, 6) is -3.37. The zero-order valence-electron chi connectivity index (χ0n) is 12.3. The van der Waals surface area contributed by atoms with Gasteiger partial charge in [-0.15, -0.1) is 0 Å². The lowest BCUT2D eigenvalue weighted by molar-refractivity contribution is -0.144.